The Morgan fingerprint density at radius 1 is 1.17 bits per heavy atom. The molecule has 0 aliphatic rings. The number of hydrogen-bond acceptors (Lipinski definition) is 3. The minimum absolute atomic E-state index is 0.0725. The Balaban J connectivity index is 1.87. The Bertz CT molecular complexity index is 874. The molecule has 1 aromatic heterocycles. The fourth-order valence-corrected chi connectivity index (χ4v) is 2.95. The van der Waals surface area contributed by atoms with Crippen LogP contribution in [0.3, 0.4) is 0 Å². The van der Waals surface area contributed by atoms with Crippen molar-refractivity contribution in [1.82, 2.24) is 4.98 Å². The van der Waals surface area contributed by atoms with Gasteiger partial charge in [-0.05, 0) is 35.9 Å². The van der Waals surface area contributed by atoms with Gasteiger partial charge in [0.15, 0.2) is 0 Å². The Kier molecular flexibility index (Phi) is 4.15. The zero-order chi connectivity index (χ0) is 17.3. The Hall–Kier alpha value is -2.61. The normalized spacial score (nSPS) is 11.6. The van der Waals surface area contributed by atoms with Crippen molar-refractivity contribution in [2.45, 2.75) is 12.7 Å². The van der Waals surface area contributed by atoms with E-state index in [9.17, 15) is 18.0 Å². The van der Waals surface area contributed by atoms with E-state index >= 15 is 0 Å². The first-order valence-electron chi connectivity index (χ1n) is 6.91. The van der Waals surface area contributed by atoms with E-state index in [1.54, 1.807) is 17.6 Å². The van der Waals surface area contributed by atoms with Gasteiger partial charge in [0.25, 0.3) is 0 Å². The van der Waals surface area contributed by atoms with E-state index in [1.165, 1.54) is 28.4 Å². The van der Waals surface area contributed by atoms with E-state index in [1.807, 2.05) is 6.07 Å². The third-order valence-corrected chi connectivity index (χ3v) is 4.32. The lowest BCUT2D eigenvalue weighted by atomic mass is 10.1. The molecule has 0 aliphatic heterocycles. The van der Waals surface area contributed by atoms with Gasteiger partial charge >= 0.3 is 12.2 Å². The van der Waals surface area contributed by atoms with E-state index in [2.05, 4.69) is 4.98 Å². The van der Waals surface area contributed by atoms with Gasteiger partial charge in [-0.15, -0.1) is 11.3 Å². The molecule has 2 aromatic carbocycles. The van der Waals surface area contributed by atoms with Crippen molar-refractivity contribution < 1.29 is 18.0 Å². The van der Waals surface area contributed by atoms with Crippen molar-refractivity contribution in [3.63, 3.8) is 0 Å². The average molecular weight is 351 g/mol. The Morgan fingerprint density at radius 2 is 1.88 bits per heavy atom. The standard InChI is InChI=1S/C16H12F3N3OS/c17-16(18,19)11-3-1-10(2-4-11)8-22(15(20)23)12-5-6-14-13(7-12)21-9-24-14/h1-7,9H,8H2,(H2,20,23). The maximum Gasteiger partial charge on any atom is 0.416 e. The SMILES string of the molecule is NC(=O)N(Cc1ccc(C(F)(F)F)cc1)c1ccc2scnc2c1. The molecule has 3 aromatic rings. The van der Waals surface area contributed by atoms with Crippen LogP contribution in [0.5, 0.6) is 0 Å². The predicted molar refractivity (Wildman–Crippen MR) is 86.8 cm³/mol. The number of halogens is 3. The van der Waals surface area contributed by atoms with Crippen LogP contribution in [0.2, 0.25) is 0 Å². The number of rotatable bonds is 3. The van der Waals surface area contributed by atoms with Crippen molar-refractivity contribution >= 4 is 33.3 Å². The largest absolute Gasteiger partial charge is 0.416 e. The van der Waals surface area contributed by atoms with E-state index in [0.29, 0.717) is 11.3 Å². The fourth-order valence-electron chi connectivity index (χ4n) is 2.29. The molecule has 0 fully saturated rings. The van der Waals surface area contributed by atoms with E-state index in [4.69, 9.17) is 5.73 Å². The van der Waals surface area contributed by atoms with Crippen LogP contribution >= 0.6 is 11.3 Å². The number of carbonyl (C=O) groups is 1. The highest BCUT2D eigenvalue weighted by atomic mass is 32.1. The topological polar surface area (TPSA) is 59.2 Å². The van der Waals surface area contributed by atoms with Crippen molar-refractivity contribution in [3.05, 3.63) is 59.1 Å². The maximum absolute atomic E-state index is 12.6. The van der Waals surface area contributed by atoms with Crippen molar-refractivity contribution in [1.29, 1.82) is 0 Å². The van der Waals surface area contributed by atoms with Crippen LogP contribution in [0, 0.1) is 0 Å². The van der Waals surface area contributed by atoms with E-state index in [0.717, 1.165) is 22.3 Å². The molecule has 8 heteroatoms. The predicted octanol–water partition coefficient (Wildman–Crippen LogP) is 4.40. The summed E-state index contributed by atoms with van der Waals surface area (Å²) >= 11 is 1.47. The third-order valence-electron chi connectivity index (χ3n) is 3.51. The first-order valence-corrected chi connectivity index (χ1v) is 7.79. The molecular weight excluding hydrogens is 339 g/mol. The van der Waals surface area contributed by atoms with Gasteiger partial charge in [0.05, 0.1) is 27.8 Å². The summed E-state index contributed by atoms with van der Waals surface area (Å²) in [4.78, 5) is 17.2. The minimum atomic E-state index is -4.39. The number of carbonyl (C=O) groups excluding carboxylic acids is 1. The summed E-state index contributed by atoms with van der Waals surface area (Å²) in [6.45, 7) is 0.0725. The number of hydrogen-bond donors (Lipinski definition) is 1. The molecule has 124 valence electrons. The highest BCUT2D eigenvalue weighted by Gasteiger charge is 2.30. The van der Waals surface area contributed by atoms with Gasteiger partial charge in [-0.2, -0.15) is 13.2 Å². The first kappa shape index (κ1) is 16.3. The summed E-state index contributed by atoms with van der Waals surface area (Å²) in [6.07, 6.45) is -4.39. The zero-order valence-electron chi connectivity index (χ0n) is 12.2. The summed E-state index contributed by atoms with van der Waals surface area (Å²) < 4.78 is 38.8. The van der Waals surface area contributed by atoms with Gasteiger partial charge in [-0.3, -0.25) is 4.90 Å². The molecule has 2 amide bonds. The summed E-state index contributed by atoms with van der Waals surface area (Å²) in [7, 11) is 0. The molecule has 3 rings (SSSR count). The number of amides is 2. The summed E-state index contributed by atoms with van der Waals surface area (Å²) in [5.41, 5.74) is 8.20. The third kappa shape index (κ3) is 3.33. The van der Waals surface area contributed by atoms with Gasteiger partial charge in [-0.25, -0.2) is 9.78 Å². The number of anilines is 1. The molecule has 0 spiro atoms. The van der Waals surface area contributed by atoms with Gasteiger partial charge < -0.3 is 5.73 Å². The second-order valence-corrected chi connectivity index (χ2v) is 6.01. The zero-order valence-corrected chi connectivity index (χ0v) is 13.1. The average Bonchev–Trinajstić information content (AvgIpc) is 2.99. The quantitative estimate of drug-likeness (QED) is 0.760. The van der Waals surface area contributed by atoms with Gasteiger partial charge in [0.1, 0.15) is 0 Å². The molecule has 0 saturated carbocycles. The molecule has 1 heterocycles. The number of alkyl halides is 3. The number of benzene rings is 2. The number of nitrogens with two attached hydrogens (primary N) is 1. The highest BCUT2D eigenvalue weighted by molar-refractivity contribution is 7.16. The monoisotopic (exact) mass is 351 g/mol. The van der Waals surface area contributed by atoms with E-state index < -0.39 is 17.8 Å². The molecule has 24 heavy (non-hydrogen) atoms. The number of primary amides is 1. The number of nitrogens with zero attached hydrogens (tertiary/aromatic N) is 2. The van der Waals surface area contributed by atoms with Crippen molar-refractivity contribution in [2.24, 2.45) is 5.73 Å². The summed E-state index contributed by atoms with van der Waals surface area (Å²) in [5, 5.41) is 0. The molecule has 0 bridgehead atoms. The lowest BCUT2D eigenvalue weighted by molar-refractivity contribution is -0.137. The first-order chi connectivity index (χ1) is 11.3. The minimum Gasteiger partial charge on any atom is -0.351 e. The molecule has 2 N–H and O–H groups in total. The molecular formula is C16H12F3N3OS. The van der Waals surface area contributed by atoms with Crippen LogP contribution in [0.1, 0.15) is 11.1 Å². The molecule has 0 saturated heterocycles. The van der Waals surface area contributed by atoms with Gasteiger partial charge in [-0.1, -0.05) is 12.1 Å². The molecule has 0 radical (unpaired) electrons. The number of thiazole rings is 1. The Labute approximate surface area is 139 Å². The van der Waals surface area contributed by atoms with Crippen LogP contribution < -0.4 is 10.6 Å². The smallest absolute Gasteiger partial charge is 0.351 e. The number of aromatic nitrogens is 1. The van der Waals surface area contributed by atoms with Crippen molar-refractivity contribution in [2.75, 3.05) is 4.90 Å². The summed E-state index contributed by atoms with van der Waals surface area (Å²) in [6, 6.07) is 9.22. The van der Waals surface area contributed by atoms with Crippen LogP contribution in [0.25, 0.3) is 10.2 Å². The lowest BCUT2D eigenvalue weighted by Gasteiger charge is -2.21. The second-order valence-electron chi connectivity index (χ2n) is 5.12. The van der Waals surface area contributed by atoms with Crippen LogP contribution in [-0.4, -0.2) is 11.0 Å². The number of fused-ring (bicyclic) bond motifs is 1. The van der Waals surface area contributed by atoms with Crippen LogP contribution in [0.4, 0.5) is 23.7 Å². The second kappa shape index (κ2) is 6.12. The summed E-state index contributed by atoms with van der Waals surface area (Å²) in [5.74, 6) is 0. The molecule has 0 atom stereocenters. The van der Waals surface area contributed by atoms with Crippen molar-refractivity contribution in [3.8, 4) is 0 Å². The van der Waals surface area contributed by atoms with Gasteiger partial charge in [0.2, 0.25) is 0 Å². The molecule has 0 unspecified atom stereocenters. The maximum atomic E-state index is 12.6. The molecule has 0 aliphatic carbocycles. The lowest BCUT2D eigenvalue weighted by Crippen LogP contribution is -2.35. The number of urea groups is 1. The van der Waals surface area contributed by atoms with Crippen LogP contribution in [0.15, 0.2) is 48.0 Å². The van der Waals surface area contributed by atoms with Gasteiger partial charge in [0, 0.05) is 5.69 Å². The van der Waals surface area contributed by atoms with Crippen LogP contribution in [-0.2, 0) is 12.7 Å². The highest BCUT2D eigenvalue weighted by Crippen LogP contribution is 2.30. The molecule has 4 nitrogen and oxygen atoms in total. The van der Waals surface area contributed by atoms with E-state index in [-0.39, 0.29) is 6.54 Å². The fraction of sp³-hybridized carbons (Fsp3) is 0.125. The Morgan fingerprint density at radius 3 is 2.50 bits per heavy atom.